The first kappa shape index (κ1) is 9.30. The van der Waals surface area contributed by atoms with Gasteiger partial charge in [0.25, 0.3) is 0 Å². The molecule has 0 unspecified atom stereocenters. The van der Waals surface area contributed by atoms with Crippen LogP contribution in [0.4, 0.5) is 0 Å². The van der Waals surface area contributed by atoms with Crippen LogP contribution >= 0.6 is 11.6 Å². The number of nitrogens with two attached hydrogens (primary N) is 1. The molecule has 12 heavy (non-hydrogen) atoms. The molecule has 0 aliphatic rings. The highest BCUT2D eigenvalue weighted by molar-refractivity contribution is 6.19. The highest BCUT2D eigenvalue weighted by Crippen LogP contribution is 2.09. The van der Waals surface area contributed by atoms with Crippen LogP contribution in [0.15, 0.2) is 30.3 Å². The summed E-state index contributed by atoms with van der Waals surface area (Å²) in [6.45, 7) is 0.572. The Morgan fingerprint density at radius 2 is 2.08 bits per heavy atom. The summed E-state index contributed by atoms with van der Waals surface area (Å²) in [6, 6.07) is 8.03. The minimum Gasteiger partial charge on any atom is -0.326 e. The molecular formula is C10H12ClN. The van der Waals surface area contributed by atoms with Gasteiger partial charge < -0.3 is 5.73 Å². The molecule has 2 N–H and O–H groups in total. The topological polar surface area (TPSA) is 26.0 Å². The van der Waals surface area contributed by atoms with Crippen LogP contribution in [0.3, 0.4) is 0 Å². The number of hydrogen-bond acceptors (Lipinski definition) is 1. The summed E-state index contributed by atoms with van der Waals surface area (Å²) in [5.74, 6) is 0.541. The summed E-state index contributed by atoms with van der Waals surface area (Å²) in [5, 5.41) is 0. The predicted octanol–water partition coefficient (Wildman–Crippen LogP) is 2.40. The zero-order valence-corrected chi connectivity index (χ0v) is 7.59. The zero-order chi connectivity index (χ0) is 8.81. The van der Waals surface area contributed by atoms with Crippen LogP contribution < -0.4 is 5.73 Å². The maximum Gasteiger partial charge on any atom is 0.0407 e. The summed E-state index contributed by atoms with van der Waals surface area (Å²) in [4.78, 5) is 0. The molecule has 0 saturated heterocycles. The number of alkyl halides is 1. The average Bonchev–Trinajstić information content (AvgIpc) is 2.15. The van der Waals surface area contributed by atoms with Gasteiger partial charge in [-0.1, -0.05) is 36.4 Å². The quantitative estimate of drug-likeness (QED) is 0.713. The van der Waals surface area contributed by atoms with Crippen molar-refractivity contribution in [3.05, 3.63) is 41.5 Å². The Kier molecular flexibility index (Phi) is 3.85. The molecule has 0 atom stereocenters. The highest BCUT2D eigenvalue weighted by Gasteiger charge is 1.93. The Morgan fingerprint density at radius 3 is 2.75 bits per heavy atom. The molecule has 0 amide bonds. The fraction of sp³-hybridized carbons (Fsp3) is 0.200. The van der Waals surface area contributed by atoms with E-state index in [4.69, 9.17) is 17.3 Å². The van der Waals surface area contributed by atoms with Crippen molar-refractivity contribution in [3.8, 4) is 0 Å². The minimum atomic E-state index is 0.541. The van der Waals surface area contributed by atoms with Crippen LogP contribution in [0, 0.1) is 0 Å². The van der Waals surface area contributed by atoms with Crippen molar-refractivity contribution in [1.82, 2.24) is 0 Å². The van der Waals surface area contributed by atoms with Crippen LogP contribution in [0.5, 0.6) is 0 Å². The van der Waals surface area contributed by atoms with Gasteiger partial charge in [0.15, 0.2) is 0 Å². The van der Waals surface area contributed by atoms with Crippen LogP contribution in [0.1, 0.15) is 11.1 Å². The third-order valence-corrected chi connectivity index (χ3v) is 1.84. The summed E-state index contributed by atoms with van der Waals surface area (Å²) in [6.07, 6.45) is 3.91. The fourth-order valence-electron chi connectivity index (χ4n) is 1.05. The molecule has 1 rings (SSSR count). The summed E-state index contributed by atoms with van der Waals surface area (Å²) in [7, 11) is 0. The van der Waals surface area contributed by atoms with E-state index in [0.29, 0.717) is 12.4 Å². The molecule has 0 spiro atoms. The van der Waals surface area contributed by atoms with Crippen molar-refractivity contribution in [2.45, 2.75) is 6.54 Å². The Labute approximate surface area is 77.8 Å². The first-order chi connectivity index (χ1) is 5.88. The van der Waals surface area contributed by atoms with E-state index in [-0.39, 0.29) is 0 Å². The molecular weight excluding hydrogens is 170 g/mol. The van der Waals surface area contributed by atoms with Gasteiger partial charge in [-0.05, 0) is 11.1 Å². The maximum absolute atomic E-state index is 5.56. The smallest absolute Gasteiger partial charge is 0.0407 e. The molecule has 0 aromatic heterocycles. The molecule has 0 heterocycles. The Bertz CT molecular complexity index is 268. The normalized spacial score (nSPS) is 10.8. The average molecular weight is 182 g/mol. The maximum atomic E-state index is 5.56. The lowest BCUT2D eigenvalue weighted by molar-refractivity contribution is 1.07. The minimum absolute atomic E-state index is 0.541. The Hall–Kier alpha value is -0.790. The second-order valence-corrected chi connectivity index (χ2v) is 2.77. The van der Waals surface area contributed by atoms with E-state index < -0.39 is 0 Å². The molecule has 0 aliphatic carbocycles. The highest BCUT2D eigenvalue weighted by atomic mass is 35.5. The molecule has 1 aromatic carbocycles. The molecule has 1 nitrogen and oxygen atoms in total. The van der Waals surface area contributed by atoms with E-state index in [0.717, 1.165) is 11.1 Å². The van der Waals surface area contributed by atoms with Gasteiger partial charge in [0.1, 0.15) is 0 Å². The Balaban J connectivity index is 2.89. The molecule has 0 fully saturated rings. The molecule has 0 radical (unpaired) electrons. The lowest BCUT2D eigenvalue weighted by Gasteiger charge is -2.00. The van der Waals surface area contributed by atoms with Gasteiger partial charge in [-0.2, -0.15) is 0 Å². The van der Waals surface area contributed by atoms with Crippen LogP contribution in [-0.4, -0.2) is 5.88 Å². The van der Waals surface area contributed by atoms with Crippen molar-refractivity contribution in [2.75, 3.05) is 5.88 Å². The van der Waals surface area contributed by atoms with Gasteiger partial charge in [0, 0.05) is 12.4 Å². The van der Waals surface area contributed by atoms with Crippen LogP contribution in [-0.2, 0) is 6.54 Å². The lowest BCUT2D eigenvalue weighted by Crippen LogP contribution is -1.98. The van der Waals surface area contributed by atoms with Gasteiger partial charge in [-0.25, -0.2) is 0 Å². The second-order valence-electron chi connectivity index (χ2n) is 2.46. The largest absolute Gasteiger partial charge is 0.326 e. The van der Waals surface area contributed by atoms with Crippen LogP contribution in [0.2, 0.25) is 0 Å². The number of halogens is 1. The first-order valence-electron chi connectivity index (χ1n) is 3.89. The third-order valence-electron chi connectivity index (χ3n) is 1.66. The predicted molar refractivity (Wildman–Crippen MR) is 54.1 cm³/mol. The second kappa shape index (κ2) is 4.96. The van der Waals surface area contributed by atoms with Crippen molar-refractivity contribution in [2.24, 2.45) is 5.73 Å². The molecule has 0 bridgehead atoms. The van der Waals surface area contributed by atoms with Gasteiger partial charge in [0.2, 0.25) is 0 Å². The summed E-state index contributed by atoms with van der Waals surface area (Å²) in [5.41, 5.74) is 7.86. The van der Waals surface area contributed by atoms with E-state index in [2.05, 4.69) is 0 Å². The van der Waals surface area contributed by atoms with E-state index in [9.17, 15) is 0 Å². The molecule has 0 saturated carbocycles. The van der Waals surface area contributed by atoms with Gasteiger partial charge in [-0.15, -0.1) is 11.6 Å². The standard InChI is InChI=1S/C10H12ClN/c11-7-3-6-9-4-1-2-5-10(9)8-12/h1-6H,7-8,12H2. The lowest BCUT2D eigenvalue weighted by atomic mass is 10.1. The van der Waals surface area contributed by atoms with Gasteiger partial charge in [0.05, 0.1) is 0 Å². The fourth-order valence-corrected chi connectivity index (χ4v) is 1.14. The summed E-state index contributed by atoms with van der Waals surface area (Å²) < 4.78 is 0. The van der Waals surface area contributed by atoms with Gasteiger partial charge in [-0.3, -0.25) is 0 Å². The zero-order valence-electron chi connectivity index (χ0n) is 6.83. The first-order valence-corrected chi connectivity index (χ1v) is 4.42. The number of hydrogen-bond donors (Lipinski definition) is 1. The number of allylic oxidation sites excluding steroid dienone is 1. The van der Waals surface area contributed by atoms with Crippen molar-refractivity contribution in [3.63, 3.8) is 0 Å². The van der Waals surface area contributed by atoms with Crippen molar-refractivity contribution in [1.29, 1.82) is 0 Å². The molecule has 64 valence electrons. The molecule has 0 aliphatic heterocycles. The van der Waals surface area contributed by atoms with Gasteiger partial charge >= 0.3 is 0 Å². The van der Waals surface area contributed by atoms with Crippen molar-refractivity contribution < 1.29 is 0 Å². The molecule has 1 aromatic rings. The van der Waals surface area contributed by atoms with E-state index in [1.807, 2.05) is 36.4 Å². The Morgan fingerprint density at radius 1 is 1.33 bits per heavy atom. The SMILES string of the molecule is NCc1ccccc1C=CCCl. The van der Waals surface area contributed by atoms with E-state index in [1.54, 1.807) is 0 Å². The monoisotopic (exact) mass is 181 g/mol. The van der Waals surface area contributed by atoms with E-state index in [1.165, 1.54) is 0 Å². The molecule has 2 heteroatoms. The number of rotatable bonds is 3. The van der Waals surface area contributed by atoms with E-state index >= 15 is 0 Å². The number of benzene rings is 1. The summed E-state index contributed by atoms with van der Waals surface area (Å²) >= 11 is 5.53. The third kappa shape index (κ3) is 2.36. The van der Waals surface area contributed by atoms with Crippen molar-refractivity contribution >= 4 is 17.7 Å². The van der Waals surface area contributed by atoms with Crippen LogP contribution in [0.25, 0.3) is 6.08 Å².